The van der Waals surface area contributed by atoms with E-state index < -0.39 is 15.9 Å². The van der Waals surface area contributed by atoms with Crippen molar-refractivity contribution in [2.75, 3.05) is 43.1 Å². The first-order chi connectivity index (χ1) is 11.2. The average Bonchev–Trinajstić information content (AvgIpc) is 2.51. The summed E-state index contributed by atoms with van der Waals surface area (Å²) in [7, 11) is -3.13. The molecule has 134 valence electrons. The Kier molecular flexibility index (Phi) is 6.30. The third kappa shape index (κ3) is 5.20. The normalized spacial score (nSPS) is 17.0. The van der Waals surface area contributed by atoms with E-state index in [2.05, 4.69) is 4.98 Å². The number of amides is 1. The molecule has 0 aromatic carbocycles. The zero-order valence-electron chi connectivity index (χ0n) is 13.3. The summed E-state index contributed by atoms with van der Waals surface area (Å²) in [5, 5.41) is 0.932. The van der Waals surface area contributed by atoms with Crippen molar-refractivity contribution in [1.29, 1.82) is 0 Å². The van der Waals surface area contributed by atoms with Crippen molar-refractivity contribution in [3.05, 3.63) is 22.3 Å². The number of carbonyl (C=O) groups is 1. The molecule has 1 unspecified atom stereocenters. The molecule has 1 fully saturated rings. The molecule has 0 radical (unpaired) electrons. The Balaban J connectivity index is 1.91. The van der Waals surface area contributed by atoms with Gasteiger partial charge in [0.2, 0.25) is 5.91 Å². The molecule has 10 heteroatoms. The molecule has 24 heavy (non-hydrogen) atoms. The molecule has 1 aromatic rings. The molecule has 1 amide bonds. The highest BCUT2D eigenvalue weighted by Gasteiger charge is 2.27. The summed E-state index contributed by atoms with van der Waals surface area (Å²) in [6, 6.07) is 0.827. The number of pyridine rings is 1. The van der Waals surface area contributed by atoms with E-state index >= 15 is 0 Å². The molecular weight excluding hydrogens is 375 g/mol. The van der Waals surface area contributed by atoms with Crippen molar-refractivity contribution >= 4 is 44.8 Å². The van der Waals surface area contributed by atoms with Crippen molar-refractivity contribution in [2.45, 2.75) is 12.5 Å². The Bertz CT molecular complexity index is 706. The SMILES string of the molecule is CS(=O)(=O)CCC(N)C(=O)N1CCN(c2ncc(Cl)cc2Cl)CC1. The number of hydrogen-bond donors (Lipinski definition) is 1. The highest BCUT2D eigenvalue weighted by molar-refractivity contribution is 7.90. The standard InChI is InChI=1S/C14H20Cl2N4O3S/c1-24(22,23)7-2-12(17)14(21)20-5-3-19(4-6-20)13-11(16)8-10(15)9-18-13/h8-9,12H,2-7,17H2,1H3. The lowest BCUT2D eigenvalue weighted by molar-refractivity contribution is -0.132. The number of halogens is 2. The van der Waals surface area contributed by atoms with Crippen LogP contribution in [-0.2, 0) is 14.6 Å². The quantitative estimate of drug-likeness (QED) is 0.792. The molecule has 1 aliphatic rings. The van der Waals surface area contributed by atoms with Gasteiger partial charge in [-0.3, -0.25) is 4.79 Å². The maximum absolute atomic E-state index is 12.3. The van der Waals surface area contributed by atoms with Gasteiger partial charge in [-0.05, 0) is 12.5 Å². The predicted molar refractivity (Wildman–Crippen MR) is 95.4 cm³/mol. The Morgan fingerprint density at radius 2 is 1.96 bits per heavy atom. The molecule has 2 heterocycles. The van der Waals surface area contributed by atoms with Crippen LogP contribution in [0.3, 0.4) is 0 Å². The fraction of sp³-hybridized carbons (Fsp3) is 0.571. The van der Waals surface area contributed by atoms with Crippen molar-refractivity contribution in [1.82, 2.24) is 9.88 Å². The van der Waals surface area contributed by atoms with Crippen LogP contribution in [-0.4, -0.2) is 68.4 Å². The highest BCUT2D eigenvalue weighted by atomic mass is 35.5. The van der Waals surface area contributed by atoms with E-state index in [0.717, 1.165) is 6.26 Å². The van der Waals surface area contributed by atoms with Crippen LogP contribution in [0.4, 0.5) is 5.82 Å². The molecule has 1 aliphatic heterocycles. The molecule has 0 saturated carbocycles. The first-order valence-corrected chi connectivity index (χ1v) is 10.3. The van der Waals surface area contributed by atoms with Gasteiger partial charge in [-0.25, -0.2) is 13.4 Å². The largest absolute Gasteiger partial charge is 0.352 e. The zero-order valence-corrected chi connectivity index (χ0v) is 15.6. The summed E-state index contributed by atoms with van der Waals surface area (Å²) in [4.78, 5) is 20.2. The fourth-order valence-electron chi connectivity index (χ4n) is 2.48. The van der Waals surface area contributed by atoms with Crippen LogP contribution in [0.15, 0.2) is 12.3 Å². The van der Waals surface area contributed by atoms with Gasteiger partial charge in [0.05, 0.1) is 21.8 Å². The summed E-state index contributed by atoms with van der Waals surface area (Å²) in [6.45, 7) is 2.09. The van der Waals surface area contributed by atoms with Crippen LogP contribution in [0.25, 0.3) is 0 Å². The van der Waals surface area contributed by atoms with Crippen LogP contribution >= 0.6 is 23.2 Å². The van der Waals surface area contributed by atoms with Gasteiger partial charge in [-0.15, -0.1) is 0 Å². The van der Waals surface area contributed by atoms with Crippen molar-refractivity contribution in [3.63, 3.8) is 0 Å². The zero-order chi connectivity index (χ0) is 17.9. The first-order valence-electron chi connectivity index (χ1n) is 7.45. The topological polar surface area (TPSA) is 96.6 Å². The first kappa shape index (κ1) is 19.2. The number of carbonyl (C=O) groups excluding carboxylic acids is 1. The van der Waals surface area contributed by atoms with E-state index in [1.807, 2.05) is 4.90 Å². The molecule has 2 rings (SSSR count). The van der Waals surface area contributed by atoms with Gasteiger partial charge in [-0.1, -0.05) is 23.2 Å². The second-order valence-electron chi connectivity index (χ2n) is 5.80. The van der Waals surface area contributed by atoms with E-state index in [4.69, 9.17) is 28.9 Å². The molecule has 1 aromatic heterocycles. The number of nitrogens with zero attached hydrogens (tertiary/aromatic N) is 3. The summed E-state index contributed by atoms with van der Waals surface area (Å²) in [6.07, 6.45) is 2.79. The van der Waals surface area contributed by atoms with Crippen molar-refractivity contribution in [2.24, 2.45) is 5.73 Å². The molecule has 2 N–H and O–H groups in total. The molecule has 0 aliphatic carbocycles. The van der Waals surface area contributed by atoms with Crippen molar-refractivity contribution < 1.29 is 13.2 Å². The van der Waals surface area contributed by atoms with Gasteiger partial charge < -0.3 is 15.5 Å². The number of nitrogens with two attached hydrogens (primary N) is 1. The van der Waals surface area contributed by atoms with Gasteiger partial charge >= 0.3 is 0 Å². The maximum Gasteiger partial charge on any atom is 0.239 e. The number of hydrogen-bond acceptors (Lipinski definition) is 6. The lowest BCUT2D eigenvalue weighted by atomic mass is 10.2. The van der Waals surface area contributed by atoms with E-state index in [1.165, 1.54) is 6.20 Å². The monoisotopic (exact) mass is 394 g/mol. The molecule has 0 spiro atoms. The minimum atomic E-state index is -3.13. The average molecular weight is 395 g/mol. The second kappa shape index (κ2) is 7.86. The highest BCUT2D eigenvalue weighted by Crippen LogP contribution is 2.26. The van der Waals surface area contributed by atoms with Crippen LogP contribution in [0.5, 0.6) is 0 Å². The lowest BCUT2D eigenvalue weighted by Crippen LogP contribution is -2.53. The third-order valence-corrected chi connectivity index (χ3v) is 5.26. The van der Waals surface area contributed by atoms with Gasteiger partial charge in [0.15, 0.2) is 0 Å². The number of sulfone groups is 1. The maximum atomic E-state index is 12.3. The molecule has 7 nitrogen and oxygen atoms in total. The third-order valence-electron chi connectivity index (χ3n) is 3.80. The van der Waals surface area contributed by atoms with Gasteiger partial charge in [-0.2, -0.15) is 0 Å². The van der Waals surface area contributed by atoms with Crippen LogP contribution < -0.4 is 10.6 Å². The van der Waals surface area contributed by atoms with E-state index in [-0.39, 0.29) is 18.1 Å². The predicted octanol–water partition coefficient (Wildman–Crippen LogP) is 0.799. The number of rotatable bonds is 5. The van der Waals surface area contributed by atoms with Crippen LogP contribution in [0.1, 0.15) is 6.42 Å². The summed E-state index contributed by atoms with van der Waals surface area (Å²) in [5.41, 5.74) is 5.82. The van der Waals surface area contributed by atoms with E-state index in [9.17, 15) is 13.2 Å². The summed E-state index contributed by atoms with van der Waals surface area (Å²) < 4.78 is 22.3. The number of piperazine rings is 1. The lowest BCUT2D eigenvalue weighted by Gasteiger charge is -2.36. The van der Waals surface area contributed by atoms with Gasteiger partial charge in [0.1, 0.15) is 15.7 Å². The van der Waals surface area contributed by atoms with E-state index in [1.54, 1.807) is 11.0 Å². The van der Waals surface area contributed by atoms with Crippen LogP contribution in [0, 0.1) is 0 Å². The second-order valence-corrected chi connectivity index (χ2v) is 8.90. The number of aromatic nitrogens is 1. The van der Waals surface area contributed by atoms with Crippen LogP contribution in [0.2, 0.25) is 10.0 Å². The molecule has 1 atom stereocenters. The summed E-state index contributed by atoms with van der Waals surface area (Å²) >= 11 is 12.0. The Morgan fingerprint density at radius 3 is 2.50 bits per heavy atom. The Labute approximate surface area is 151 Å². The van der Waals surface area contributed by atoms with Gasteiger partial charge in [0.25, 0.3) is 0 Å². The molecular formula is C14H20Cl2N4O3S. The minimum Gasteiger partial charge on any atom is -0.352 e. The summed E-state index contributed by atoms with van der Waals surface area (Å²) in [5.74, 6) is 0.312. The Morgan fingerprint density at radius 1 is 1.33 bits per heavy atom. The smallest absolute Gasteiger partial charge is 0.239 e. The minimum absolute atomic E-state index is 0.0931. The van der Waals surface area contributed by atoms with E-state index in [0.29, 0.717) is 42.0 Å². The Hall–Kier alpha value is -1.09. The van der Waals surface area contributed by atoms with Crippen molar-refractivity contribution in [3.8, 4) is 0 Å². The fourth-order valence-corrected chi connectivity index (χ4v) is 3.66. The molecule has 0 bridgehead atoms. The number of anilines is 1. The molecule has 1 saturated heterocycles. The van der Waals surface area contributed by atoms with Gasteiger partial charge in [0, 0.05) is 38.6 Å².